The van der Waals surface area contributed by atoms with Gasteiger partial charge in [0.15, 0.2) is 11.6 Å². The molecule has 0 amide bonds. The number of methoxy groups -OCH3 is 1. The average molecular weight is 272 g/mol. The molecule has 104 valence electrons. The Balaban J connectivity index is 2.90. The van der Waals surface area contributed by atoms with Gasteiger partial charge in [-0.2, -0.15) is 0 Å². The molecule has 0 aromatic heterocycles. The minimum absolute atomic E-state index is 0.0736. The third kappa shape index (κ3) is 3.80. The first-order valence-electron chi connectivity index (χ1n) is 5.41. The lowest BCUT2D eigenvalue weighted by Gasteiger charge is -2.09. The van der Waals surface area contributed by atoms with Crippen LogP contribution in [0, 0.1) is 15.9 Å². The van der Waals surface area contributed by atoms with Crippen LogP contribution in [0.1, 0.15) is 6.92 Å². The molecule has 0 heterocycles. The van der Waals surface area contributed by atoms with E-state index in [1.807, 2.05) is 0 Å². The molecule has 0 aliphatic rings. The van der Waals surface area contributed by atoms with Crippen LogP contribution >= 0.6 is 0 Å². The van der Waals surface area contributed by atoms with Gasteiger partial charge in [0.25, 0.3) is 0 Å². The van der Waals surface area contributed by atoms with Gasteiger partial charge >= 0.3 is 11.7 Å². The molecule has 8 heteroatoms. The first kappa shape index (κ1) is 14.7. The monoisotopic (exact) mass is 272 g/mol. The second-order valence-electron chi connectivity index (χ2n) is 3.42. The number of rotatable bonds is 6. The van der Waals surface area contributed by atoms with Gasteiger partial charge in [-0.1, -0.05) is 0 Å². The van der Waals surface area contributed by atoms with Crippen LogP contribution in [0.25, 0.3) is 0 Å². The van der Waals surface area contributed by atoms with Crippen LogP contribution in [0.3, 0.4) is 0 Å². The van der Waals surface area contributed by atoms with Gasteiger partial charge in [-0.25, -0.2) is 4.39 Å². The number of hydrogen-bond donors (Lipinski definition) is 1. The fourth-order valence-electron chi connectivity index (χ4n) is 1.36. The fourth-order valence-corrected chi connectivity index (χ4v) is 1.36. The third-order valence-electron chi connectivity index (χ3n) is 2.19. The molecule has 0 fully saturated rings. The summed E-state index contributed by atoms with van der Waals surface area (Å²) in [5.74, 6) is -1.51. The Hall–Kier alpha value is -2.38. The Kier molecular flexibility index (Phi) is 5.04. The number of benzene rings is 1. The number of hydrogen-bond acceptors (Lipinski definition) is 6. The molecule has 1 aromatic rings. The van der Waals surface area contributed by atoms with Gasteiger partial charge in [-0.3, -0.25) is 14.9 Å². The van der Waals surface area contributed by atoms with E-state index in [1.165, 1.54) is 7.11 Å². The second kappa shape index (κ2) is 6.53. The SMILES string of the molecule is CCOC(=O)CNc1cc(OC)c([N+](=O)[O-])cc1F. The van der Waals surface area contributed by atoms with E-state index in [1.54, 1.807) is 6.92 Å². The van der Waals surface area contributed by atoms with E-state index in [2.05, 4.69) is 10.1 Å². The van der Waals surface area contributed by atoms with Crippen LogP contribution in [0.2, 0.25) is 0 Å². The van der Waals surface area contributed by atoms with Gasteiger partial charge < -0.3 is 14.8 Å². The normalized spacial score (nSPS) is 9.84. The topological polar surface area (TPSA) is 90.7 Å². The number of carbonyl (C=O) groups is 1. The van der Waals surface area contributed by atoms with Crippen LogP contribution < -0.4 is 10.1 Å². The number of ether oxygens (including phenoxy) is 2. The van der Waals surface area contributed by atoms with E-state index in [4.69, 9.17) is 4.74 Å². The molecular formula is C11H13FN2O5. The Morgan fingerprint density at radius 3 is 2.74 bits per heavy atom. The molecule has 19 heavy (non-hydrogen) atoms. The van der Waals surface area contributed by atoms with E-state index in [-0.39, 0.29) is 24.6 Å². The van der Waals surface area contributed by atoms with Crippen molar-refractivity contribution in [2.45, 2.75) is 6.92 Å². The van der Waals surface area contributed by atoms with Crippen LogP contribution in [0.15, 0.2) is 12.1 Å². The summed E-state index contributed by atoms with van der Waals surface area (Å²) in [6.07, 6.45) is 0. The first-order valence-corrected chi connectivity index (χ1v) is 5.41. The number of nitrogens with zero attached hydrogens (tertiary/aromatic N) is 1. The maximum atomic E-state index is 13.6. The predicted molar refractivity (Wildman–Crippen MR) is 64.7 cm³/mol. The van der Waals surface area contributed by atoms with Crippen molar-refractivity contribution in [3.63, 3.8) is 0 Å². The van der Waals surface area contributed by atoms with E-state index in [9.17, 15) is 19.3 Å². The highest BCUT2D eigenvalue weighted by molar-refractivity contribution is 5.75. The van der Waals surface area contributed by atoms with Crippen molar-refractivity contribution >= 4 is 17.3 Å². The van der Waals surface area contributed by atoms with E-state index < -0.39 is 22.4 Å². The molecule has 0 bridgehead atoms. The Bertz CT molecular complexity index is 492. The van der Waals surface area contributed by atoms with Gasteiger partial charge in [-0.15, -0.1) is 0 Å². The highest BCUT2D eigenvalue weighted by atomic mass is 19.1. The van der Waals surface area contributed by atoms with Gasteiger partial charge in [-0.05, 0) is 6.92 Å². The number of esters is 1. The molecule has 7 nitrogen and oxygen atoms in total. The molecule has 0 saturated heterocycles. The summed E-state index contributed by atoms with van der Waals surface area (Å²) in [6.45, 7) is 1.62. The highest BCUT2D eigenvalue weighted by Gasteiger charge is 2.19. The Morgan fingerprint density at radius 2 is 2.21 bits per heavy atom. The van der Waals surface area contributed by atoms with Crippen molar-refractivity contribution in [1.82, 2.24) is 0 Å². The Morgan fingerprint density at radius 1 is 1.53 bits per heavy atom. The smallest absolute Gasteiger partial charge is 0.325 e. The zero-order valence-corrected chi connectivity index (χ0v) is 10.4. The number of anilines is 1. The first-order chi connectivity index (χ1) is 8.99. The maximum absolute atomic E-state index is 13.6. The van der Waals surface area contributed by atoms with Crippen LogP contribution in [-0.4, -0.2) is 31.2 Å². The molecular weight excluding hydrogens is 259 g/mol. The minimum atomic E-state index is -0.850. The third-order valence-corrected chi connectivity index (χ3v) is 2.19. The average Bonchev–Trinajstić information content (AvgIpc) is 2.37. The van der Waals surface area contributed by atoms with Crippen LogP contribution in [0.5, 0.6) is 5.75 Å². The lowest BCUT2D eigenvalue weighted by Crippen LogP contribution is -2.17. The van der Waals surface area contributed by atoms with Crippen molar-refractivity contribution in [2.24, 2.45) is 0 Å². The number of nitro benzene ring substituents is 1. The second-order valence-corrected chi connectivity index (χ2v) is 3.42. The lowest BCUT2D eigenvalue weighted by atomic mass is 10.2. The van der Waals surface area contributed by atoms with Gasteiger partial charge in [0.05, 0.1) is 30.4 Å². The van der Waals surface area contributed by atoms with Crippen molar-refractivity contribution in [3.05, 3.63) is 28.1 Å². The van der Waals surface area contributed by atoms with Crippen molar-refractivity contribution in [1.29, 1.82) is 0 Å². The maximum Gasteiger partial charge on any atom is 0.325 e. The summed E-state index contributed by atoms with van der Waals surface area (Å²) >= 11 is 0. The van der Waals surface area contributed by atoms with E-state index >= 15 is 0 Å². The van der Waals surface area contributed by atoms with E-state index in [0.717, 1.165) is 12.1 Å². The van der Waals surface area contributed by atoms with Crippen molar-refractivity contribution < 1.29 is 23.6 Å². The number of carbonyl (C=O) groups excluding carboxylic acids is 1. The van der Waals surface area contributed by atoms with Crippen LogP contribution in [-0.2, 0) is 9.53 Å². The molecule has 0 aliphatic carbocycles. The largest absolute Gasteiger partial charge is 0.490 e. The zero-order valence-electron chi connectivity index (χ0n) is 10.4. The Labute approximate surface area is 108 Å². The summed E-state index contributed by atoms with van der Waals surface area (Å²) in [6, 6.07) is 1.85. The number of nitro groups is 1. The minimum Gasteiger partial charge on any atom is -0.490 e. The molecule has 1 rings (SSSR count). The number of halogens is 1. The molecule has 1 N–H and O–H groups in total. The molecule has 0 saturated carbocycles. The molecule has 0 unspecified atom stereocenters. The molecule has 0 aliphatic heterocycles. The molecule has 1 aromatic carbocycles. The predicted octanol–water partition coefficient (Wildman–Crippen LogP) is 1.72. The van der Waals surface area contributed by atoms with E-state index in [0.29, 0.717) is 0 Å². The quantitative estimate of drug-likeness (QED) is 0.481. The molecule has 0 radical (unpaired) electrons. The summed E-state index contributed by atoms with van der Waals surface area (Å²) in [5, 5.41) is 13.1. The van der Waals surface area contributed by atoms with Gasteiger partial charge in [0, 0.05) is 6.07 Å². The van der Waals surface area contributed by atoms with Gasteiger partial charge in [0.2, 0.25) is 0 Å². The standard InChI is InChI=1S/C11H13FN2O5/c1-3-19-11(15)6-13-8-5-10(18-2)9(14(16)17)4-7(8)12/h4-5,13H,3,6H2,1-2H3. The van der Waals surface area contributed by atoms with Crippen molar-refractivity contribution in [3.8, 4) is 5.75 Å². The lowest BCUT2D eigenvalue weighted by molar-refractivity contribution is -0.385. The highest BCUT2D eigenvalue weighted by Crippen LogP contribution is 2.32. The fraction of sp³-hybridized carbons (Fsp3) is 0.364. The summed E-state index contributed by atoms with van der Waals surface area (Å²) in [4.78, 5) is 21.0. The summed E-state index contributed by atoms with van der Waals surface area (Å²) in [5.41, 5.74) is -0.558. The zero-order chi connectivity index (χ0) is 14.4. The molecule has 0 atom stereocenters. The molecule has 0 spiro atoms. The van der Waals surface area contributed by atoms with Gasteiger partial charge in [0.1, 0.15) is 6.54 Å². The van der Waals surface area contributed by atoms with Crippen molar-refractivity contribution in [2.75, 3.05) is 25.6 Å². The number of nitrogens with one attached hydrogen (secondary N) is 1. The summed E-state index contributed by atoms with van der Waals surface area (Å²) in [7, 11) is 1.23. The van der Waals surface area contributed by atoms with Crippen LogP contribution in [0.4, 0.5) is 15.8 Å². The summed E-state index contributed by atoms with van der Waals surface area (Å²) < 4.78 is 23.0.